The lowest BCUT2D eigenvalue weighted by Gasteiger charge is -2.28. The molecule has 1 fully saturated rings. The highest BCUT2D eigenvalue weighted by atomic mass is 19.3. The van der Waals surface area contributed by atoms with Gasteiger partial charge in [0.15, 0.2) is 0 Å². The molecule has 2 heteroatoms. The topological polar surface area (TPSA) is 0 Å². The van der Waals surface area contributed by atoms with Gasteiger partial charge >= 0.3 is 0 Å². The van der Waals surface area contributed by atoms with Gasteiger partial charge in [0, 0.05) is 12.8 Å². The maximum atomic E-state index is 13.4. The van der Waals surface area contributed by atoms with Gasteiger partial charge in [-0.25, -0.2) is 8.78 Å². The molecule has 174 valence electrons. The average Bonchev–Trinajstić information content (AvgIpc) is 2.81. The lowest BCUT2D eigenvalue weighted by molar-refractivity contribution is -0.0382. The van der Waals surface area contributed by atoms with Crippen molar-refractivity contribution in [3.05, 3.63) is 65.7 Å². The first kappa shape index (κ1) is 24.7. The average molecular weight is 439 g/mol. The highest BCUT2D eigenvalue weighted by Gasteiger charge is 2.35. The number of allylic oxidation sites excluding steroid dienone is 1. The van der Waals surface area contributed by atoms with E-state index < -0.39 is 5.92 Å². The molecule has 0 radical (unpaired) electrons. The van der Waals surface area contributed by atoms with Crippen LogP contribution in [0.4, 0.5) is 8.78 Å². The maximum absolute atomic E-state index is 13.4. The van der Waals surface area contributed by atoms with Gasteiger partial charge in [-0.2, -0.15) is 0 Å². The van der Waals surface area contributed by atoms with Gasteiger partial charge in [0.05, 0.1) is 0 Å². The van der Waals surface area contributed by atoms with Crippen molar-refractivity contribution < 1.29 is 8.78 Å². The number of halogens is 2. The minimum atomic E-state index is -2.46. The number of alkyl halides is 2. The first-order valence-corrected chi connectivity index (χ1v) is 12.8. The van der Waals surface area contributed by atoms with Crippen LogP contribution in [0.3, 0.4) is 0 Å². The summed E-state index contributed by atoms with van der Waals surface area (Å²) in [5.74, 6) is -2.18. The van der Waals surface area contributed by atoms with E-state index in [0.29, 0.717) is 12.8 Å². The van der Waals surface area contributed by atoms with Crippen LogP contribution in [0.25, 0.3) is 17.2 Å². The molecule has 3 rings (SSSR count). The van der Waals surface area contributed by atoms with Crippen LogP contribution in [-0.2, 0) is 0 Å². The molecule has 0 atom stereocenters. The molecule has 2 aromatic carbocycles. The van der Waals surface area contributed by atoms with Gasteiger partial charge in [-0.3, -0.25) is 0 Å². The Morgan fingerprint density at radius 2 is 1.28 bits per heavy atom. The molecule has 0 aromatic heterocycles. The maximum Gasteiger partial charge on any atom is 0.248 e. The van der Waals surface area contributed by atoms with Gasteiger partial charge in [0.2, 0.25) is 5.92 Å². The summed E-state index contributed by atoms with van der Waals surface area (Å²) in [4.78, 5) is 0. The van der Waals surface area contributed by atoms with Crippen LogP contribution >= 0.6 is 0 Å². The van der Waals surface area contributed by atoms with Crippen molar-refractivity contribution in [2.45, 2.75) is 102 Å². The molecule has 1 saturated carbocycles. The summed E-state index contributed by atoms with van der Waals surface area (Å²) in [7, 11) is 0. The molecule has 0 spiro atoms. The van der Waals surface area contributed by atoms with E-state index in [9.17, 15) is 8.78 Å². The highest BCUT2D eigenvalue weighted by molar-refractivity contribution is 5.66. The van der Waals surface area contributed by atoms with Gasteiger partial charge in [-0.05, 0) is 53.9 Å². The fourth-order valence-electron chi connectivity index (χ4n) is 4.72. The van der Waals surface area contributed by atoms with Crippen LogP contribution in [0.5, 0.6) is 0 Å². The van der Waals surface area contributed by atoms with Gasteiger partial charge in [0.1, 0.15) is 0 Å². The summed E-state index contributed by atoms with van der Waals surface area (Å²) in [6, 6.07) is 17.2. The Balaban J connectivity index is 1.40. The largest absolute Gasteiger partial charge is 0.248 e. The van der Waals surface area contributed by atoms with E-state index >= 15 is 0 Å². The second-order valence-corrected chi connectivity index (χ2v) is 9.54. The Morgan fingerprint density at radius 3 is 1.88 bits per heavy atom. The Bertz CT molecular complexity index is 792. The van der Waals surface area contributed by atoms with Crippen LogP contribution in [0.15, 0.2) is 54.6 Å². The molecular weight excluding hydrogens is 398 g/mol. The molecule has 32 heavy (non-hydrogen) atoms. The lowest BCUT2D eigenvalue weighted by atomic mass is 9.82. The SMILES string of the molecule is CCCCCCCCCC/C=C/c1ccc(-c2ccc(C3CCC(F)(F)CC3)cc2)cc1. The van der Waals surface area contributed by atoms with Crippen LogP contribution in [0.1, 0.15) is 107 Å². The molecular formula is C30H40F2. The zero-order chi connectivity index (χ0) is 22.7. The third-order valence-corrected chi connectivity index (χ3v) is 6.88. The third-order valence-electron chi connectivity index (χ3n) is 6.88. The zero-order valence-corrected chi connectivity index (χ0v) is 19.8. The molecule has 0 nitrogen and oxygen atoms in total. The number of benzene rings is 2. The van der Waals surface area contributed by atoms with Gasteiger partial charge in [-0.15, -0.1) is 0 Å². The van der Waals surface area contributed by atoms with Crippen molar-refractivity contribution in [3.63, 3.8) is 0 Å². The highest BCUT2D eigenvalue weighted by Crippen LogP contribution is 2.41. The standard InChI is InChI=1S/C30H40F2/c1-2-3-4-5-6-7-8-9-10-11-12-25-13-15-26(16-14-25)27-17-19-28(20-18-27)29-21-23-30(31,32)24-22-29/h11-20,29H,2-10,21-24H2,1H3/b12-11+. The van der Waals surface area contributed by atoms with Gasteiger partial charge in [0.25, 0.3) is 0 Å². The van der Waals surface area contributed by atoms with Crippen molar-refractivity contribution in [2.75, 3.05) is 0 Å². The van der Waals surface area contributed by atoms with Gasteiger partial charge < -0.3 is 0 Å². The van der Waals surface area contributed by atoms with Crippen LogP contribution in [0, 0.1) is 0 Å². The van der Waals surface area contributed by atoms with E-state index in [1.165, 1.54) is 73.6 Å². The predicted octanol–water partition coefficient (Wildman–Crippen LogP) is 10.2. The molecule has 1 aliphatic rings. The van der Waals surface area contributed by atoms with Crippen molar-refractivity contribution in [2.24, 2.45) is 0 Å². The summed E-state index contributed by atoms with van der Waals surface area (Å²) in [5.41, 5.74) is 4.83. The Kier molecular flexibility index (Phi) is 9.96. The summed E-state index contributed by atoms with van der Waals surface area (Å²) in [6.07, 6.45) is 17.8. The van der Waals surface area contributed by atoms with E-state index in [1.807, 2.05) is 0 Å². The smallest absolute Gasteiger partial charge is 0.207 e. The quantitative estimate of drug-likeness (QED) is 0.289. The number of unbranched alkanes of at least 4 members (excludes halogenated alkanes) is 8. The lowest BCUT2D eigenvalue weighted by Crippen LogP contribution is -2.23. The van der Waals surface area contributed by atoms with Crippen LogP contribution in [0.2, 0.25) is 0 Å². The minimum Gasteiger partial charge on any atom is -0.207 e. The molecule has 0 unspecified atom stereocenters. The van der Waals surface area contributed by atoms with E-state index in [0.717, 1.165) is 6.42 Å². The second kappa shape index (κ2) is 12.9. The summed E-state index contributed by atoms with van der Waals surface area (Å²) < 4.78 is 26.8. The fraction of sp³-hybridized carbons (Fsp3) is 0.533. The van der Waals surface area contributed by atoms with E-state index in [2.05, 4.69) is 67.6 Å². The van der Waals surface area contributed by atoms with E-state index in [4.69, 9.17) is 0 Å². The number of hydrogen-bond acceptors (Lipinski definition) is 0. The third kappa shape index (κ3) is 8.19. The van der Waals surface area contributed by atoms with Gasteiger partial charge in [-0.1, -0.05) is 113 Å². The fourth-order valence-corrected chi connectivity index (χ4v) is 4.72. The van der Waals surface area contributed by atoms with Crippen molar-refractivity contribution in [3.8, 4) is 11.1 Å². The van der Waals surface area contributed by atoms with Crippen molar-refractivity contribution in [1.29, 1.82) is 0 Å². The minimum absolute atomic E-state index is 0.0213. The molecule has 0 N–H and O–H groups in total. The normalized spacial score (nSPS) is 16.6. The predicted molar refractivity (Wildman–Crippen MR) is 134 cm³/mol. The molecule has 0 amide bonds. The molecule has 0 bridgehead atoms. The monoisotopic (exact) mass is 438 g/mol. The molecule has 1 aliphatic carbocycles. The second-order valence-electron chi connectivity index (χ2n) is 9.54. The van der Waals surface area contributed by atoms with E-state index in [-0.39, 0.29) is 18.8 Å². The summed E-state index contributed by atoms with van der Waals surface area (Å²) >= 11 is 0. The zero-order valence-electron chi connectivity index (χ0n) is 19.8. The molecule has 0 aliphatic heterocycles. The Hall–Kier alpha value is -1.96. The molecule has 2 aromatic rings. The molecule has 0 saturated heterocycles. The van der Waals surface area contributed by atoms with Crippen molar-refractivity contribution >= 4 is 6.08 Å². The van der Waals surface area contributed by atoms with E-state index in [1.54, 1.807) is 0 Å². The van der Waals surface area contributed by atoms with Crippen LogP contribution < -0.4 is 0 Å². The summed E-state index contributed by atoms with van der Waals surface area (Å²) in [6.45, 7) is 2.27. The Labute approximate surface area is 194 Å². The van der Waals surface area contributed by atoms with Crippen LogP contribution in [-0.4, -0.2) is 5.92 Å². The first-order chi connectivity index (χ1) is 15.6. The first-order valence-electron chi connectivity index (χ1n) is 12.8. The molecule has 0 heterocycles. The number of rotatable bonds is 12. The number of hydrogen-bond donors (Lipinski definition) is 0. The van der Waals surface area contributed by atoms with Crippen molar-refractivity contribution in [1.82, 2.24) is 0 Å². The Morgan fingerprint density at radius 1 is 0.750 bits per heavy atom. The summed E-state index contributed by atoms with van der Waals surface area (Å²) in [5, 5.41) is 0.